The molecule has 1 amide bonds. The van der Waals surface area contributed by atoms with Crippen molar-refractivity contribution in [1.29, 1.82) is 0 Å². The number of aromatic hydroxyl groups is 1. The normalized spacial score (nSPS) is 9.88. The Balaban J connectivity index is 1.95. The average molecular weight is 228 g/mol. The van der Waals surface area contributed by atoms with Gasteiger partial charge < -0.3 is 10.4 Å². The van der Waals surface area contributed by atoms with Crippen LogP contribution in [0.4, 0.5) is 0 Å². The van der Waals surface area contributed by atoms with Gasteiger partial charge in [-0.3, -0.25) is 4.79 Å². The lowest BCUT2D eigenvalue weighted by Gasteiger charge is -2.04. The zero-order valence-electron chi connectivity index (χ0n) is 9.13. The van der Waals surface area contributed by atoms with Crippen molar-refractivity contribution >= 4 is 5.91 Å². The zero-order valence-corrected chi connectivity index (χ0v) is 9.13. The Morgan fingerprint density at radius 2 is 1.94 bits per heavy atom. The van der Waals surface area contributed by atoms with E-state index < -0.39 is 0 Å². The predicted molar refractivity (Wildman–Crippen MR) is 63.5 cm³/mol. The fourth-order valence-corrected chi connectivity index (χ4v) is 1.40. The number of pyridine rings is 1. The first-order valence-corrected chi connectivity index (χ1v) is 5.23. The summed E-state index contributed by atoms with van der Waals surface area (Å²) in [5.41, 5.74) is 1.46. The second-order valence-corrected chi connectivity index (χ2v) is 3.57. The Labute approximate surface area is 98.9 Å². The highest BCUT2D eigenvalue weighted by Crippen LogP contribution is 2.05. The molecule has 0 saturated heterocycles. The largest absolute Gasteiger partial charge is 0.493 e. The molecule has 0 saturated carbocycles. The molecule has 86 valence electrons. The van der Waals surface area contributed by atoms with Gasteiger partial charge in [0, 0.05) is 24.4 Å². The van der Waals surface area contributed by atoms with Gasteiger partial charge in [-0.15, -0.1) is 0 Å². The summed E-state index contributed by atoms with van der Waals surface area (Å²) < 4.78 is 0. The number of hydrogen-bond acceptors (Lipinski definition) is 3. The Hall–Kier alpha value is -2.36. The van der Waals surface area contributed by atoms with Gasteiger partial charge >= 0.3 is 0 Å². The van der Waals surface area contributed by atoms with E-state index in [1.807, 2.05) is 18.2 Å². The molecule has 0 fully saturated rings. The van der Waals surface area contributed by atoms with Crippen molar-refractivity contribution < 1.29 is 9.90 Å². The molecule has 1 heterocycles. The molecule has 0 bridgehead atoms. The highest BCUT2D eigenvalue weighted by atomic mass is 16.3. The quantitative estimate of drug-likeness (QED) is 0.840. The first-order chi connectivity index (χ1) is 8.25. The maximum atomic E-state index is 11.7. The Morgan fingerprint density at radius 1 is 1.18 bits per heavy atom. The molecule has 0 aliphatic heterocycles. The van der Waals surface area contributed by atoms with Crippen LogP contribution in [0.5, 0.6) is 5.88 Å². The predicted octanol–water partition coefficient (Wildman–Crippen LogP) is 1.72. The van der Waals surface area contributed by atoms with E-state index in [4.69, 9.17) is 5.11 Å². The van der Waals surface area contributed by atoms with Gasteiger partial charge in [-0.05, 0) is 17.7 Å². The molecule has 4 nitrogen and oxygen atoms in total. The highest BCUT2D eigenvalue weighted by molar-refractivity contribution is 5.94. The maximum Gasteiger partial charge on any atom is 0.251 e. The van der Waals surface area contributed by atoms with E-state index in [0.717, 1.165) is 5.56 Å². The van der Waals surface area contributed by atoms with Crippen LogP contribution in [0.3, 0.4) is 0 Å². The van der Waals surface area contributed by atoms with E-state index in [2.05, 4.69) is 10.3 Å². The monoisotopic (exact) mass is 228 g/mol. The van der Waals surface area contributed by atoms with Gasteiger partial charge in [0.1, 0.15) is 0 Å². The molecular formula is C13H12N2O2. The molecule has 2 aromatic rings. The zero-order chi connectivity index (χ0) is 12.1. The number of rotatable bonds is 3. The van der Waals surface area contributed by atoms with Crippen molar-refractivity contribution in [2.75, 3.05) is 0 Å². The van der Waals surface area contributed by atoms with Crippen molar-refractivity contribution in [1.82, 2.24) is 10.3 Å². The highest BCUT2D eigenvalue weighted by Gasteiger charge is 2.03. The summed E-state index contributed by atoms with van der Waals surface area (Å²) in [5.74, 6) is -0.151. The van der Waals surface area contributed by atoms with E-state index in [0.29, 0.717) is 12.1 Å². The van der Waals surface area contributed by atoms with Crippen molar-refractivity contribution in [2.45, 2.75) is 6.54 Å². The summed E-state index contributed by atoms with van der Waals surface area (Å²) in [5, 5.41) is 11.8. The van der Waals surface area contributed by atoms with Crippen LogP contribution in [0.2, 0.25) is 0 Å². The molecule has 0 radical (unpaired) electrons. The average Bonchev–Trinajstić information content (AvgIpc) is 2.39. The first kappa shape index (κ1) is 11.1. The fraction of sp³-hybridized carbons (Fsp3) is 0.0769. The smallest absolute Gasteiger partial charge is 0.251 e. The molecule has 0 atom stereocenters. The summed E-state index contributed by atoms with van der Waals surface area (Å²) in [6.07, 6.45) is 1.53. The molecule has 0 unspecified atom stereocenters. The van der Waals surface area contributed by atoms with E-state index in [9.17, 15) is 4.79 Å². The van der Waals surface area contributed by atoms with Gasteiger partial charge in [0.25, 0.3) is 5.91 Å². The van der Waals surface area contributed by atoms with Gasteiger partial charge in [-0.1, -0.05) is 24.3 Å². The molecule has 2 rings (SSSR count). The Kier molecular flexibility index (Phi) is 3.35. The van der Waals surface area contributed by atoms with Crippen LogP contribution in [0.25, 0.3) is 0 Å². The number of nitrogens with zero attached hydrogens (tertiary/aromatic N) is 1. The molecule has 17 heavy (non-hydrogen) atoms. The lowest BCUT2D eigenvalue weighted by molar-refractivity contribution is 0.0951. The van der Waals surface area contributed by atoms with Gasteiger partial charge in [0.15, 0.2) is 0 Å². The third-order valence-electron chi connectivity index (χ3n) is 2.30. The summed E-state index contributed by atoms with van der Waals surface area (Å²) in [6, 6.07) is 12.2. The maximum absolute atomic E-state index is 11.7. The van der Waals surface area contributed by atoms with Crippen LogP contribution in [-0.2, 0) is 6.54 Å². The van der Waals surface area contributed by atoms with E-state index >= 15 is 0 Å². The van der Waals surface area contributed by atoms with Crippen molar-refractivity contribution in [2.24, 2.45) is 0 Å². The number of carbonyl (C=O) groups is 1. The van der Waals surface area contributed by atoms with Gasteiger partial charge in [-0.2, -0.15) is 0 Å². The summed E-state index contributed by atoms with van der Waals surface area (Å²) in [4.78, 5) is 15.4. The minimum atomic E-state index is -0.126. The van der Waals surface area contributed by atoms with E-state index in [1.165, 1.54) is 12.3 Å². The third-order valence-corrected chi connectivity index (χ3v) is 2.30. The molecule has 2 N–H and O–H groups in total. The third kappa shape index (κ3) is 3.04. The van der Waals surface area contributed by atoms with Crippen molar-refractivity contribution in [3.63, 3.8) is 0 Å². The molecule has 1 aromatic carbocycles. The topological polar surface area (TPSA) is 62.2 Å². The number of benzene rings is 1. The van der Waals surface area contributed by atoms with Crippen LogP contribution >= 0.6 is 0 Å². The van der Waals surface area contributed by atoms with Crippen LogP contribution in [0.15, 0.2) is 48.7 Å². The van der Waals surface area contributed by atoms with Crippen LogP contribution in [0.1, 0.15) is 15.9 Å². The second kappa shape index (κ2) is 5.12. The standard InChI is InChI=1S/C13H12N2O2/c16-12-7-6-10(8-14-12)9-15-13(17)11-4-2-1-3-5-11/h1-8H,9H2,(H,14,16)(H,15,17). The first-order valence-electron chi connectivity index (χ1n) is 5.23. The molecule has 1 aromatic heterocycles. The molecule has 4 heteroatoms. The Morgan fingerprint density at radius 3 is 2.59 bits per heavy atom. The molecule has 0 aliphatic rings. The summed E-state index contributed by atoms with van der Waals surface area (Å²) >= 11 is 0. The number of aromatic nitrogens is 1. The van der Waals surface area contributed by atoms with Gasteiger partial charge in [-0.25, -0.2) is 4.98 Å². The lowest BCUT2D eigenvalue weighted by atomic mass is 10.2. The fourth-order valence-electron chi connectivity index (χ4n) is 1.40. The van der Waals surface area contributed by atoms with Gasteiger partial charge in [0.2, 0.25) is 5.88 Å². The minimum Gasteiger partial charge on any atom is -0.493 e. The van der Waals surface area contributed by atoms with Crippen LogP contribution in [-0.4, -0.2) is 16.0 Å². The second-order valence-electron chi connectivity index (χ2n) is 3.57. The lowest BCUT2D eigenvalue weighted by Crippen LogP contribution is -2.22. The van der Waals surface area contributed by atoms with Gasteiger partial charge in [0.05, 0.1) is 0 Å². The van der Waals surface area contributed by atoms with Crippen LogP contribution < -0.4 is 5.32 Å². The molecule has 0 aliphatic carbocycles. The number of amides is 1. The van der Waals surface area contributed by atoms with E-state index in [1.54, 1.807) is 18.2 Å². The Bertz CT molecular complexity index is 495. The van der Waals surface area contributed by atoms with Crippen molar-refractivity contribution in [3.05, 3.63) is 59.8 Å². The summed E-state index contributed by atoms with van der Waals surface area (Å²) in [7, 11) is 0. The minimum absolute atomic E-state index is 0.0249. The van der Waals surface area contributed by atoms with Crippen LogP contribution in [0, 0.1) is 0 Å². The summed E-state index contributed by atoms with van der Waals surface area (Å²) in [6.45, 7) is 0.390. The SMILES string of the molecule is O=C(NCc1ccc(O)nc1)c1ccccc1. The van der Waals surface area contributed by atoms with Crippen molar-refractivity contribution in [3.8, 4) is 5.88 Å². The molecular weight excluding hydrogens is 216 g/mol. The number of carbonyl (C=O) groups excluding carboxylic acids is 1. The number of hydrogen-bond donors (Lipinski definition) is 2. The molecule has 0 spiro atoms. The number of nitrogens with one attached hydrogen (secondary N) is 1. The van der Waals surface area contributed by atoms with E-state index in [-0.39, 0.29) is 11.8 Å².